The predicted molar refractivity (Wildman–Crippen MR) is 76.5 cm³/mol. The molecule has 2 heterocycles. The largest absolute Gasteiger partial charge is 0.433 e. The minimum atomic E-state index is -1.58. The maximum Gasteiger partial charge on any atom is 0.344 e. The van der Waals surface area contributed by atoms with Crippen molar-refractivity contribution < 1.29 is 18.5 Å². The van der Waals surface area contributed by atoms with Crippen molar-refractivity contribution in [3.63, 3.8) is 0 Å². The molecule has 114 valence electrons. The number of rotatable bonds is 4. The summed E-state index contributed by atoms with van der Waals surface area (Å²) in [6, 6.07) is 7.31. The molecule has 1 unspecified atom stereocenters. The zero-order chi connectivity index (χ0) is 15.0. The van der Waals surface area contributed by atoms with Crippen LogP contribution in [-0.4, -0.2) is 34.5 Å². The van der Waals surface area contributed by atoms with Crippen LogP contribution < -0.4 is 10.9 Å². The highest BCUT2D eigenvalue weighted by atomic mass is 32.2. The lowest BCUT2D eigenvalue weighted by Crippen LogP contribution is -2.54. The quantitative estimate of drug-likeness (QED) is 0.786. The highest BCUT2D eigenvalue weighted by Crippen LogP contribution is 2.40. The Labute approximate surface area is 125 Å². The van der Waals surface area contributed by atoms with Crippen LogP contribution in [0.4, 0.5) is 0 Å². The Morgan fingerprint density at radius 2 is 2.14 bits per heavy atom. The van der Waals surface area contributed by atoms with E-state index in [0.29, 0.717) is 18.0 Å². The van der Waals surface area contributed by atoms with Crippen LogP contribution in [0.1, 0.15) is 12.5 Å². The number of esters is 1. The van der Waals surface area contributed by atoms with Crippen molar-refractivity contribution in [1.29, 1.82) is 0 Å². The van der Waals surface area contributed by atoms with Gasteiger partial charge in [0.15, 0.2) is 0 Å². The first kappa shape index (κ1) is 14.6. The van der Waals surface area contributed by atoms with Crippen molar-refractivity contribution >= 4 is 16.8 Å². The highest BCUT2D eigenvalue weighted by molar-refractivity contribution is 7.87. The number of benzene rings is 1. The normalized spacial score (nSPS) is 32.8. The number of hydrogen-bond donors (Lipinski definition) is 2. The first-order valence-electron chi connectivity index (χ1n) is 6.91. The maximum absolute atomic E-state index is 13.0. The molecule has 3 rings (SSSR count). The van der Waals surface area contributed by atoms with Gasteiger partial charge in [0.2, 0.25) is 11.2 Å². The van der Waals surface area contributed by atoms with Gasteiger partial charge in [-0.1, -0.05) is 17.7 Å². The van der Waals surface area contributed by atoms with E-state index in [4.69, 9.17) is 9.47 Å². The first-order chi connectivity index (χ1) is 10.1. The van der Waals surface area contributed by atoms with E-state index in [9.17, 15) is 9.00 Å². The van der Waals surface area contributed by atoms with Crippen molar-refractivity contribution in [3.05, 3.63) is 29.8 Å². The molecular formula is C14H18N2O4S. The molecule has 2 aliphatic heterocycles. The minimum Gasteiger partial charge on any atom is -0.433 e. The van der Waals surface area contributed by atoms with Crippen LogP contribution >= 0.6 is 0 Å². The summed E-state index contributed by atoms with van der Waals surface area (Å²) in [4.78, 5) is 11.7. The van der Waals surface area contributed by atoms with E-state index in [1.54, 1.807) is 12.1 Å². The van der Waals surface area contributed by atoms with Crippen LogP contribution in [0.15, 0.2) is 29.2 Å². The fraction of sp³-hybridized carbons (Fsp3) is 0.500. The molecule has 2 N–H and O–H groups in total. The summed E-state index contributed by atoms with van der Waals surface area (Å²) < 4.78 is 23.7. The lowest BCUT2D eigenvalue weighted by Gasteiger charge is -2.23. The van der Waals surface area contributed by atoms with E-state index in [-0.39, 0.29) is 5.92 Å². The van der Waals surface area contributed by atoms with Gasteiger partial charge in [-0.3, -0.25) is 9.63 Å². The van der Waals surface area contributed by atoms with Gasteiger partial charge in [0, 0.05) is 18.0 Å². The third-order valence-electron chi connectivity index (χ3n) is 3.83. The summed E-state index contributed by atoms with van der Waals surface area (Å²) in [7, 11) is -1.58. The maximum atomic E-state index is 13.0. The fourth-order valence-corrected chi connectivity index (χ4v) is 4.30. The number of carbonyl (C=O) groups is 1. The van der Waals surface area contributed by atoms with Crippen LogP contribution in [0.2, 0.25) is 0 Å². The zero-order valence-corrected chi connectivity index (χ0v) is 12.7. The standard InChI is InChI=1S/C14H18N2O4S/c1-3-19-12-11-8-15-16-14(11,13(17)20-12)21(18)10-6-4-9(2)5-7-10/h4-7,11-12,15-16H,3,8H2,1-2H3/t11-,12-,14+,21?/m0/s1. The van der Waals surface area contributed by atoms with Crippen LogP contribution in [0.5, 0.6) is 0 Å². The number of fused-ring (bicyclic) bond motifs is 1. The number of nitrogens with one attached hydrogen (secondary N) is 2. The number of ether oxygens (including phenoxy) is 2. The summed E-state index contributed by atoms with van der Waals surface area (Å²) in [5.41, 5.74) is 6.87. The molecular weight excluding hydrogens is 292 g/mol. The monoisotopic (exact) mass is 310 g/mol. The van der Waals surface area contributed by atoms with Crippen molar-refractivity contribution in [2.45, 2.75) is 29.9 Å². The average Bonchev–Trinajstić information content (AvgIpc) is 3.01. The van der Waals surface area contributed by atoms with Crippen molar-refractivity contribution in [2.75, 3.05) is 13.2 Å². The molecule has 0 saturated carbocycles. The number of carbonyl (C=O) groups excluding carboxylic acids is 1. The zero-order valence-electron chi connectivity index (χ0n) is 11.9. The van der Waals surface area contributed by atoms with E-state index in [2.05, 4.69) is 10.9 Å². The Morgan fingerprint density at radius 1 is 1.43 bits per heavy atom. The molecule has 0 spiro atoms. The molecule has 1 aromatic carbocycles. The van der Waals surface area contributed by atoms with E-state index in [1.165, 1.54) is 0 Å². The summed E-state index contributed by atoms with van der Waals surface area (Å²) in [5.74, 6) is -0.859. The highest BCUT2D eigenvalue weighted by Gasteiger charge is 2.65. The third kappa shape index (κ3) is 2.20. The summed E-state index contributed by atoms with van der Waals surface area (Å²) in [6.07, 6.45) is -0.667. The van der Waals surface area contributed by atoms with Crippen LogP contribution in [0, 0.1) is 12.8 Å². The smallest absolute Gasteiger partial charge is 0.344 e. The van der Waals surface area contributed by atoms with Gasteiger partial charge in [0.05, 0.1) is 16.7 Å². The number of aryl methyl sites for hydroxylation is 1. The second-order valence-corrected chi connectivity index (χ2v) is 6.81. The summed E-state index contributed by atoms with van der Waals surface area (Å²) in [6.45, 7) is 4.69. The topological polar surface area (TPSA) is 76.7 Å². The van der Waals surface area contributed by atoms with Gasteiger partial charge in [-0.15, -0.1) is 0 Å². The van der Waals surface area contributed by atoms with Gasteiger partial charge >= 0.3 is 5.97 Å². The van der Waals surface area contributed by atoms with Crippen LogP contribution in [0.25, 0.3) is 0 Å². The Bertz CT molecular complexity index is 577. The lowest BCUT2D eigenvalue weighted by molar-refractivity contribution is -0.167. The molecule has 0 aliphatic carbocycles. The number of cyclic esters (lactones) is 1. The second kappa shape index (κ2) is 5.49. The van der Waals surface area contributed by atoms with Crippen LogP contribution in [-0.2, 0) is 25.1 Å². The summed E-state index contributed by atoms with van der Waals surface area (Å²) in [5, 5.41) is 0. The molecule has 0 bridgehead atoms. The molecule has 4 atom stereocenters. The third-order valence-corrected chi connectivity index (χ3v) is 5.69. The van der Waals surface area contributed by atoms with Gasteiger partial charge in [-0.25, -0.2) is 10.2 Å². The Kier molecular flexibility index (Phi) is 3.83. The van der Waals surface area contributed by atoms with Crippen molar-refractivity contribution in [1.82, 2.24) is 10.9 Å². The average molecular weight is 310 g/mol. The molecule has 7 heteroatoms. The molecule has 0 amide bonds. The van der Waals surface area contributed by atoms with Gasteiger partial charge in [-0.2, -0.15) is 0 Å². The van der Waals surface area contributed by atoms with E-state index < -0.39 is 27.9 Å². The molecule has 2 saturated heterocycles. The SMILES string of the molecule is CCO[C@H]1OC(=O)[C@@]2(S(=O)c3ccc(C)cc3)NNC[C@@H]12. The van der Waals surface area contributed by atoms with Crippen molar-refractivity contribution in [3.8, 4) is 0 Å². The molecule has 2 fully saturated rings. The van der Waals surface area contributed by atoms with E-state index >= 15 is 0 Å². The Balaban J connectivity index is 1.96. The van der Waals surface area contributed by atoms with E-state index in [0.717, 1.165) is 5.56 Å². The molecule has 0 radical (unpaired) electrons. The van der Waals surface area contributed by atoms with Gasteiger partial charge < -0.3 is 9.47 Å². The molecule has 1 aromatic rings. The Hall–Kier alpha value is -1.28. The van der Waals surface area contributed by atoms with Gasteiger partial charge in [0.25, 0.3) is 0 Å². The first-order valence-corrected chi connectivity index (χ1v) is 8.06. The minimum absolute atomic E-state index is 0.327. The predicted octanol–water partition coefficient (Wildman–Crippen LogP) is 0.442. The van der Waals surface area contributed by atoms with Gasteiger partial charge in [0.1, 0.15) is 0 Å². The molecule has 0 aromatic heterocycles. The molecule has 21 heavy (non-hydrogen) atoms. The molecule has 2 aliphatic rings. The fourth-order valence-electron chi connectivity index (χ4n) is 2.72. The number of hydrogen-bond acceptors (Lipinski definition) is 6. The van der Waals surface area contributed by atoms with Crippen molar-refractivity contribution in [2.24, 2.45) is 5.92 Å². The number of hydrazine groups is 1. The second-order valence-electron chi connectivity index (χ2n) is 5.16. The summed E-state index contributed by atoms with van der Waals surface area (Å²) >= 11 is 0. The molecule has 6 nitrogen and oxygen atoms in total. The van der Waals surface area contributed by atoms with Crippen LogP contribution in [0.3, 0.4) is 0 Å². The van der Waals surface area contributed by atoms with Gasteiger partial charge in [-0.05, 0) is 26.0 Å². The lowest BCUT2D eigenvalue weighted by atomic mass is 10.0. The Morgan fingerprint density at radius 3 is 2.81 bits per heavy atom. The van der Waals surface area contributed by atoms with E-state index in [1.807, 2.05) is 26.0 Å².